The number of hydrogen-bond donors (Lipinski definition) is 0. The molecule has 0 radical (unpaired) electrons. The lowest BCUT2D eigenvalue weighted by molar-refractivity contribution is 0.585. The van der Waals surface area contributed by atoms with Crippen LogP contribution in [0.5, 0.6) is 0 Å². The van der Waals surface area contributed by atoms with Gasteiger partial charge in [-0.25, -0.2) is 9.97 Å². The van der Waals surface area contributed by atoms with Crippen LogP contribution < -0.4 is 0 Å². The minimum absolute atomic E-state index is 0.414. The Labute approximate surface area is 385 Å². The Balaban J connectivity index is 0.984. The Morgan fingerprint density at radius 1 is 0.299 bits per heavy atom. The van der Waals surface area contributed by atoms with Gasteiger partial charge in [0.05, 0.1) is 39.0 Å². The lowest BCUT2D eigenvalue weighted by Gasteiger charge is -2.14. The van der Waals surface area contributed by atoms with Gasteiger partial charge >= 0.3 is 0 Å². The minimum Gasteiger partial charge on any atom is -0.416 e. The normalized spacial score (nSPS) is 11.6. The third-order valence-electron chi connectivity index (χ3n) is 12.7. The van der Waals surface area contributed by atoms with Crippen molar-refractivity contribution in [3.8, 4) is 79.3 Å². The Hall–Kier alpha value is -9.20. The highest BCUT2D eigenvalue weighted by Crippen LogP contribution is 2.41. The van der Waals surface area contributed by atoms with E-state index in [4.69, 9.17) is 24.6 Å². The summed E-state index contributed by atoms with van der Waals surface area (Å²) in [6, 6.07) is 80.0. The molecule has 0 atom stereocenters. The fourth-order valence-electron chi connectivity index (χ4n) is 9.60. The number of aromatic nitrogens is 6. The molecule has 0 N–H and O–H groups in total. The predicted molar refractivity (Wildman–Crippen MR) is 271 cm³/mol. The van der Waals surface area contributed by atoms with Gasteiger partial charge in [0.15, 0.2) is 0 Å². The molecule has 0 spiro atoms. The van der Waals surface area contributed by atoms with Gasteiger partial charge in [-0.05, 0) is 76.9 Å². The molecule has 5 heterocycles. The number of rotatable bonds is 8. The van der Waals surface area contributed by atoms with Crippen LogP contribution in [0.1, 0.15) is 0 Å². The SMILES string of the molecule is c1ccc(-c2cc(-c3ccccc3)nc(-n3c4ccccc4c4ccc(-c5nnc(-c6cccc7c8ccccc8n(-c8cc(-c9ccccc9)cc(-c9ccccc9)n8)c67)o5)cc43)c2)cc1. The fraction of sp³-hybridized carbons (Fsp3) is 0. The van der Waals surface area contributed by atoms with Crippen molar-refractivity contribution >= 4 is 43.6 Å². The highest BCUT2D eigenvalue weighted by Gasteiger charge is 2.23. The molecule has 0 bridgehead atoms. The molecule has 13 rings (SSSR count). The van der Waals surface area contributed by atoms with Gasteiger partial charge in [0.2, 0.25) is 11.8 Å². The summed E-state index contributed by atoms with van der Waals surface area (Å²) in [5, 5.41) is 13.9. The summed E-state index contributed by atoms with van der Waals surface area (Å²) in [4.78, 5) is 10.7. The summed E-state index contributed by atoms with van der Waals surface area (Å²) in [5.41, 5.74) is 13.9. The fourth-order valence-corrected chi connectivity index (χ4v) is 9.60. The van der Waals surface area contributed by atoms with E-state index in [2.05, 4.69) is 215 Å². The maximum absolute atomic E-state index is 6.78. The molecule has 0 fully saturated rings. The van der Waals surface area contributed by atoms with E-state index in [1.807, 2.05) is 24.3 Å². The van der Waals surface area contributed by atoms with E-state index in [1.54, 1.807) is 0 Å². The van der Waals surface area contributed by atoms with Crippen LogP contribution in [0.25, 0.3) is 123 Å². The van der Waals surface area contributed by atoms with Gasteiger partial charge in [-0.3, -0.25) is 9.13 Å². The zero-order chi connectivity index (χ0) is 44.3. The summed E-state index contributed by atoms with van der Waals surface area (Å²) in [5.74, 6) is 2.43. The van der Waals surface area contributed by atoms with E-state index in [1.165, 1.54) is 0 Å². The van der Waals surface area contributed by atoms with Crippen molar-refractivity contribution in [2.75, 3.05) is 0 Å². The maximum atomic E-state index is 6.78. The summed E-state index contributed by atoms with van der Waals surface area (Å²) < 4.78 is 11.3. The number of hydrogen-bond acceptors (Lipinski definition) is 5. The summed E-state index contributed by atoms with van der Waals surface area (Å²) in [6.45, 7) is 0. The van der Waals surface area contributed by atoms with Gasteiger partial charge < -0.3 is 4.42 Å². The molecule has 0 unspecified atom stereocenters. The van der Waals surface area contributed by atoms with Gasteiger partial charge in [-0.1, -0.05) is 176 Å². The largest absolute Gasteiger partial charge is 0.416 e. The number of para-hydroxylation sites is 3. The first-order valence-electron chi connectivity index (χ1n) is 22.4. The third-order valence-corrected chi connectivity index (χ3v) is 12.7. The van der Waals surface area contributed by atoms with Crippen LogP contribution in [0, 0.1) is 0 Å². The van der Waals surface area contributed by atoms with Crippen molar-refractivity contribution in [3.63, 3.8) is 0 Å². The second-order valence-electron chi connectivity index (χ2n) is 16.7. The van der Waals surface area contributed by atoms with Crippen molar-refractivity contribution < 1.29 is 4.42 Å². The molecule has 314 valence electrons. The quantitative estimate of drug-likeness (QED) is 0.152. The zero-order valence-corrected chi connectivity index (χ0v) is 36.0. The zero-order valence-electron chi connectivity index (χ0n) is 36.0. The van der Waals surface area contributed by atoms with Crippen LogP contribution in [0.3, 0.4) is 0 Å². The summed E-state index contributed by atoms with van der Waals surface area (Å²) in [6.07, 6.45) is 0. The molecule has 0 aliphatic carbocycles. The lowest BCUT2D eigenvalue weighted by Crippen LogP contribution is -2.01. The molecule has 0 aliphatic rings. The molecular formula is C60H38N6O. The van der Waals surface area contributed by atoms with Gasteiger partial charge in [0.1, 0.15) is 11.6 Å². The molecule has 0 aliphatic heterocycles. The van der Waals surface area contributed by atoms with Crippen molar-refractivity contribution in [1.29, 1.82) is 0 Å². The summed E-state index contributed by atoms with van der Waals surface area (Å²) >= 11 is 0. The van der Waals surface area contributed by atoms with E-state index in [9.17, 15) is 0 Å². The first kappa shape index (κ1) is 38.3. The standard InChI is InChI=1S/C60H38N6O/c1-5-18-39(19-6-1)44-34-51(41-22-9-3-10-23-41)61-56(37-44)65-53-30-15-13-26-46(53)48-33-32-43(36-55(48)65)59-63-64-60(67-59)50-29-17-28-49-47-27-14-16-31-54(47)66(58(49)50)57-38-45(40-20-7-2-8-21-40)35-52(62-57)42-24-11-4-12-25-42/h1-38H. The number of benzene rings is 8. The molecular weight excluding hydrogens is 821 g/mol. The van der Waals surface area contributed by atoms with Crippen LogP contribution in [-0.2, 0) is 0 Å². The molecule has 0 amide bonds. The number of pyridine rings is 2. The molecule has 7 heteroatoms. The van der Waals surface area contributed by atoms with E-state index in [0.717, 1.165) is 111 Å². The Morgan fingerprint density at radius 2 is 0.761 bits per heavy atom. The summed E-state index contributed by atoms with van der Waals surface area (Å²) in [7, 11) is 0. The first-order valence-corrected chi connectivity index (χ1v) is 22.4. The second-order valence-corrected chi connectivity index (χ2v) is 16.7. The lowest BCUT2D eigenvalue weighted by atomic mass is 10.0. The number of nitrogens with zero attached hydrogens (tertiary/aromatic N) is 6. The Kier molecular flexibility index (Phi) is 9.03. The van der Waals surface area contributed by atoms with Crippen molar-refractivity contribution in [2.45, 2.75) is 0 Å². The van der Waals surface area contributed by atoms with Crippen LogP contribution in [-0.4, -0.2) is 29.3 Å². The van der Waals surface area contributed by atoms with Gasteiger partial charge in [0, 0.05) is 38.2 Å². The second kappa shape index (κ2) is 15.8. The molecule has 13 aromatic rings. The van der Waals surface area contributed by atoms with E-state index in [0.29, 0.717) is 11.8 Å². The molecule has 7 nitrogen and oxygen atoms in total. The van der Waals surface area contributed by atoms with Crippen molar-refractivity contribution in [2.24, 2.45) is 0 Å². The van der Waals surface area contributed by atoms with Gasteiger partial charge in [-0.15, -0.1) is 10.2 Å². The van der Waals surface area contributed by atoms with Crippen LogP contribution >= 0.6 is 0 Å². The molecule has 8 aromatic carbocycles. The highest BCUT2D eigenvalue weighted by molar-refractivity contribution is 6.13. The average molecular weight is 859 g/mol. The van der Waals surface area contributed by atoms with Crippen molar-refractivity contribution in [1.82, 2.24) is 29.3 Å². The van der Waals surface area contributed by atoms with Crippen LogP contribution in [0.2, 0.25) is 0 Å². The number of fused-ring (bicyclic) bond motifs is 6. The van der Waals surface area contributed by atoms with Crippen LogP contribution in [0.15, 0.2) is 235 Å². The Morgan fingerprint density at radius 3 is 1.36 bits per heavy atom. The Bertz CT molecular complexity index is 3850. The van der Waals surface area contributed by atoms with E-state index < -0.39 is 0 Å². The smallest absolute Gasteiger partial charge is 0.250 e. The minimum atomic E-state index is 0.414. The topological polar surface area (TPSA) is 74.6 Å². The maximum Gasteiger partial charge on any atom is 0.250 e. The van der Waals surface area contributed by atoms with Crippen LogP contribution in [0.4, 0.5) is 0 Å². The monoisotopic (exact) mass is 858 g/mol. The predicted octanol–water partition coefficient (Wildman–Crippen LogP) is 15.1. The average Bonchev–Trinajstić information content (AvgIpc) is 4.13. The third kappa shape index (κ3) is 6.60. The molecule has 67 heavy (non-hydrogen) atoms. The van der Waals surface area contributed by atoms with Gasteiger partial charge in [-0.2, -0.15) is 0 Å². The van der Waals surface area contributed by atoms with Gasteiger partial charge in [0.25, 0.3) is 0 Å². The molecule has 5 aromatic heterocycles. The molecule has 0 saturated heterocycles. The first-order chi connectivity index (χ1) is 33.2. The highest BCUT2D eigenvalue weighted by atomic mass is 16.4. The molecule has 0 saturated carbocycles. The van der Waals surface area contributed by atoms with Crippen molar-refractivity contribution in [3.05, 3.63) is 231 Å². The van der Waals surface area contributed by atoms with E-state index in [-0.39, 0.29) is 0 Å². The van der Waals surface area contributed by atoms with E-state index >= 15 is 0 Å².